The molecule has 0 unspecified atom stereocenters. The number of fused-ring (bicyclic) bond motifs is 4. The molecule has 4 aliphatic rings. The van der Waals surface area contributed by atoms with Crippen LogP contribution in [0.4, 0.5) is 0 Å². The van der Waals surface area contributed by atoms with Crippen LogP contribution in [0.2, 0.25) is 0 Å². The molecular weight excluding hydrogens is 304 g/mol. The van der Waals surface area contributed by atoms with E-state index in [2.05, 4.69) is 0 Å². The van der Waals surface area contributed by atoms with Gasteiger partial charge in [0.15, 0.2) is 0 Å². The van der Waals surface area contributed by atoms with E-state index in [9.17, 15) is 16.8 Å². The highest BCUT2D eigenvalue weighted by atomic mass is 32.2. The Labute approximate surface area is 119 Å². The van der Waals surface area contributed by atoms with Gasteiger partial charge in [-0.05, 0) is 48.3 Å². The molecule has 8 atom stereocenters. The van der Waals surface area contributed by atoms with E-state index in [1.165, 1.54) is 0 Å². The second-order valence-electron chi connectivity index (χ2n) is 6.81. The van der Waals surface area contributed by atoms with E-state index in [0.717, 1.165) is 25.4 Å². The second kappa shape index (κ2) is 3.77. The molecule has 4 fully saturated rings. The van der Waals surface area contributed by atoms with Gasteiger partial charge < -0.3 is 0 Å². The molecule has 0 aromatic rings. The zero-order valence-electron chi connectivity index (χ0n) is 11.3. The van der Waals surface area contributed by atoms with Crippen LogP contribution in [0.1, 0.15) is 12.8 Å². The van der Waals surface area contributed by atoms with Gasteiger partial charge >= 0.3 is 0 Å². The summed E-state index contributed by atoms with van der Waals surface area (Å²) in [4.78, 5) is 0. The SMILES string of the molecule is CS(=O)(=O)O[C@@H]1[C@H]2C[C@H]3[C@@H]4C[C@H]2[C@H]([C@H]4OS(C)(=O)=O)[C@@H]31. The van der Waals surface area contributed by atoms with Crippen molar-refractivity contribution in [2.45, 2.75) is 25.0 Å². The highest BCUT2D eigenvalue weighted by Crippen LogP contribution is 2.73. The molecule has 0 radical (unpaired) electrons. The molecular formula is C12H18O6S2. The molecule has 0 saturated heterocycles. The zero-order valence-corrected chi connectivity index (χ0v) is 12.9. The van der Waals surface area contributed by atoms with E-state index in [1.807, 2.05) is 0 Å². The van der Waals surface area contributed by atoms with Crippen molar-refractivity contribution < 1.29 is 25.2 Å². The number of rotatable bonds is 4. The minimum atomic E-state index is -3.47. The molecule has 114 valence electrons. The summed E-state index contributed by atoms with van der Waals surface area (Å²) in [5.41, 5.74) is 0. The van der Waals surface area contributed by atoms with Gasteiger partial charge in [-0.25, -0.2) is 0 Å². The van der Waals surface area contributed by atoms with Gasteiger partial charge in [0.2, 0.25) is 0 Å². The van der Waals surface area contributed by atoms with Gasteiger partial charge in [-0.3, -0.25) is 8.37 Å². The largest absolute Gasteiger partial charge is 0.266 e. The summed E-state index contributed by atoms with van der Waals surface area (Å²) in [6, 6.07) is 0. The van der Waals surface area contributed by atoms with E-state index < -0.39 is 20.2 Å². The van der Waals surface area contributed by atoms with Crippen molar-refractivity contribution in [3.05, 3.63) is 0 Å². The van der Waals surface area contributed by atoms with Gasteiger partial charge in [-0.1, -0.05) is 0 Å². The minimum absolute atomic E-state index is 0.158. The second-order valence-corrected chi connectivity index (χ2v) is 10.0. The Hall–Kier alpha value is -0.180. The lowest BCUT2D eigenvalue weighted by Gasteiger charge is -2.32. The van der Waals surface area contributed by atoms with Crippen molar-refractivity contribution in [2.75, 3.05) is 12.5 Å². The maximum absolute atomic E-state index is 11.4. The molecule has 4 aliphatic carbocycles. The molecule has 0 aromatic carbocycles. The first-order chi connectivity index (χ1) is 9.16. The van der Waals surface area contributed by atoms with Crippen LogP contribution in [0, 0.1) is 35.5 Å². The minimum Gasteiger partial charge on any atom is -0.266 e. The molecule has 0 spiro atoms. The first-order valence-corrected chi connectivity index (χ1v) is 10.6. The molecule has 20 heavy (non-hydrogen) atoms. The Morgan fingerprint density at radius 3 is 1.35 bits per heavy atom. The Balaban J connectivity index is 1.64. The van der Waals surface area contributed by atoms with Crippen LogP contribution < -0.4 is 0 Å². The molecule has 0 N–H and O–H groups in total. The van der Waals surface area contributed by atoms with Gasteiger partial charge in [0, 0.05) is 0 Å². The van der Waals surface area contributed by atoms with Gasteiger partial charge in [0.1, 0.15) is 0 Å². The monoisotopic (exact) mass is 322 g/mol. The molecule has 8 heteroatoms. The quantitative estimate of drug-likeness (QED) is 0.688. The summed E-state index contributed by atoms with van der Waals surface area (Å²) in [5, 5.41) is 0. The van der Waals surface area contributed by atoms with E-state index in [-0.39, 0.29) is 35.9 Å². The van der Waals surface area contributed by atoms with Crippen molar-refractivity contribution in [1.82, 2.24) is 0 Å². The third kappa shape index (κ3) is 1.74. The maximum Gasteiger partial charge on any atom is 0.264 e. The van der Waals surface area contributed by atoms with Crippen LogP contribution in [0.5, 0.6) is 0 Å². The van der Waals surface area contributed by atoms with E-state index in [4.69, 9.17) is 8.37 Å². The summed E-state index contributed by atoms with van der Waals surface area (Å²) < 4.78 is 56.3. The molecule has 6 nitrogen and oxygen atoms in total. The fourth-order valence-corrected chi connectivity index (χ4v) is 7.06. The fraction of sp³-hybridized carbons (Fsp3) is 1.00. The van der Waals surface area contributed by atoms with Crippen molar-refractivity contribution in [1.29, 1.82) is 0 Å². The summed E-state index contributed by atoms with van der Waals surface area (Å²) in [5.74, 6) is 1.57. The van der Waals surface area contributed by atoms with E-state index in [0.29, 0.717) is 11.8 Å². The van der Waals surface area contributed by atoms with Gasteiger partial charge in [-0.2, -0.15) is 16.8 Å². The van der Waals surface area contributed by atoms with Crippen LogP contribution in [-0.4, -0.2) is 41.6 Å². The Morgan fingerprint density at radius 2 is 1.05 bits per heavy atom. The van der Waals surface area contributed by atoms with Gasteiger partial charge in [-0.15, -0.1) is 0 Å². The third-order valence-electron chi connectivity index (χ3n) is 5.80. The van der Waals surface area contributed by atoms with Gasteiger partial charge in [0.05, 0.1) is 24.7 Å². The summed E-state index contributed by atoms with van der Waals surface area (Å²) in [6.45, 7) is 0. The predicted molar refractivity (Wildman–Crippen MR) is 69.6 cm³/mol. The van der Waals surface area contributed by atoms with Crippen LogP contribution in [0.15, 0.2) is 0 Å². The fourth-order valence-electron chi connectivity index (χ4n) is 5.71. The molecule has 4 rings (SSSR count). The third-order valence-corrected chi connectivity index (χ3v) is 6.94. The number of hydrogen-bond donors (Lipinski definition) is 0. The lowest BCUT2D eigenvalue weighted by Crippen LogP contribution is -2.28. The van der Waals surface area contributed by atoms with Crippen LogP contribution in [0.3, 0.4) is 0 Å². The lowest BCUT2D eigenvalue weighted by molar-refractivity contribution is 0.129. The standard InChI is InChI=1S/C12H18O6S2/c1-19(13,14)17-11-7-3-6-8-4-5(7)10(9(6)11)12(8)18-20(2,15)16/h5-12H,3-4H2,1-2H3/t5-,6+,7-,8-,9-,10+,11-,12+/m0/s1. The molecule has 4 bridgehead atoms. The van der Waals surface area contributed by atoms with Crippen molar-refractivity contribution in [2.24, 2.45) is 35.5 Å². The first kappa shape index (κ1) is 13.5. The molecule has 0 heterocycles. The summed E-state index contributed by atoms with van der Waals surface area (Å²) in [7, 11) is -6.94. The number of hydrogen-bond acceptors (Lipinski definition) is 6. The molecule has 0 aromatic heterocycles. The van der Waals surface area contributed by atoms with E-state index >= 15 is 0 Å². The lowest BCUT2D eigenvalue weighted by atomic mass is 9.71. The zero-order chi connectivity index (χ0) is 14.4. The van der Waals surface area contributed by atoms with Crippen LogP contribution in [-0.2, 0) is 28.6 Å². The Morgan fingerprint density at radius 1 is 0.700 bits per heavy atom. The first-order valence-electron chi connectivity index (χ1n) is 6.92. The summed E-state index contributed by atoms with van der Waals surface area (Å²) >= 11 is 0. The highest BCUT2D eigenvalue weighted by Gasteiger charge is 2.74. The van der Waals surface area contributed by atoms with Crippen LogP contribution in [0.25, 0.3) is 0 Å². The topological polar surface area (TPSA) is 86.7 Å². The average Bonchev–Trinajstić information content (AvgIpc) is 2.89. The van der Waals surface area contributed by atoms with Crippen molar-refractivity contribution >= 4 is 20.2 Å². The summed E-state index contributed by atoms with van der Waals surface area (Å²) in [6.07, 6.45) is 3.57. The smallest absolute Gasteiger partial charge is 0.264 e. The average molecular weight is 322 g/mol. The van der Waals surface area contributed by atoms with E-state index in [1.54, 1.807) is 0 Å². The van der Waals surface area contributed by atoms with Crippen molar-refractivity contribution in [3.63, 3.8) is 0 Å². The van der Waals surface area contributed by atoms with Gasteiger partial charge in [0.25, 0.3) is 20.2 Å². The van der Waals surface area contributed by atoms with Crippen LogP contribution >= 0.6 is 0 Å². The maximum atomic E-state index is 11.4. The normalized spacial score (nSPS) is 52.3. The highest BCUT2D eigenvalue weighted by molar-refractivity contribution is 7.86. The predicted octanol–water partition coefficient (Wildman–Crippen LogP) is 0.208. The Kier molecular flexibility index (Phi) is 2.54. The molecule has 0 amide bonds. The Bertz CT molecular complexity index is 595. The molecule has 0 aliphatic heterocycles. The molecule has 4 saturated carbocycles. The van der Waals surface area contributed by atoms with Crippen molar-refractivity contribution in [3.8, 4) is 0 Å².